The number of rotatable bonds is 3. The van der Waals surface area contributed by atoms with Crippen LogP contribution in [0.3, 0.4) is 0 Å². The summed E-state index contributed by atoms with van der Waals surface area (Å²) in [5, 5.41) is 5.49. The summed E-state index contributed by atoms with van der Waals surface area (Å²) in [5.74, 6) is 0.573. The van der Waals surface area contributed by atoms with E-state index in [0.29, 0.717) is 11.3 Å². The van der Waals surface area contributed by atoms with Gasteiger partial charge in [0.05, 0.1) is 0 Å². The number of fused-ring (bicyclic) bond motifs is 3. The molecule has 0 heterocycles. The minimum Gasteiger partial charge on any atom is -1.00 e. The van der Waals surface area contributed by atoms with E-state index in [1.165, 1.54) is 85.6 Å². The molecule has 0 saturated heterocycles. The molecule has 0 aromatic heterocycles. The number of halogens is 2. The Hall–Kier alpha value is -1.66. The van der Waals surface area contributed by atoms with Crippen molar-refractivity contribution in [2.45, 2.75) is 126 Å². The van der Waals surface area contributed by atoms with Crippen molar-refractivity contribution in [2.24, 2.45) is 11.3 Å². The van der Waals surface area contributed by atoms with Gasteiger partial charge >= 0.3 is 89.5 Å². The van der Waals surface area contributed by atoms with Crippen LogP contribution in [0.25, 0.3) is 21.5 Å². The molecule has 1 unspecified atom stereocenters. The Morgan fingerprint density at radius 3 is 1.35 bits per heavy atom. The summed E-state index contributed by atoms with van der Waals surface area (Å²) in [7, 11) is 0. The van der Waals surface area contributed by atoms with Crippen LogP contribution in [0.15, 0.2) is 84.0 Å². The Bertz CT molecular complexity index is 1620. The molecule has 0 fully saturated rings. The molecule has 4 aromatic carbocycles. The summed E-state index contributed by atoms with van der Waals surface area (Å²) in [6, 6.07) is 25.0. The minimum absolute atomic E-state index is 0. The molecule has 0 bridgehead atoms. The van der Waals surface area contributed by atoms with Gasteiger partial charge < -0.3 is 24.8 Å². The van der Waals surface area contributed by atoms with Crippen molar-refractivity contribution in [2.75, 3.05) is 0 Å². The zero-order chi connectivity index (χ0) is 34.7. The Kier molecular flexibility index (Phi) is 16.2. The Morgan fingerprint density at radius 1 is 0.625 bits per heavy atom. The van der Waals surface area contributed by atoms with Crippen LogP contribution in [-0.2, 0) is 40.5 Å². The first kappa shape index (κ1) is 44.4. The maximum absolute atomic E-state index is 3.57. The fraction of sp³-hybridized carbons (Fsp3) is 0.467. The molecule has 4 aromatic rings. The third-order valence-electron chi connectivity index (χ3n) is 9.04. The van der Waals surface area contributed by atoms with Crippen LogP contribution in [-0.4, -0.2) is 3.71 Å². The predicted octanol–water partition coefficient (Wildman–Crippen LogP) is 7.13. The molecule has 0 amide bonds. The quantitative estimate of drug-likeness (QED) is 0.195. The maximum atomic E-state index is 3.57. The van der Waals surface area contributed by atoms with Crippen LogP contribution in [0.4, 0.5) is 0 Å². The minimum atomic E-state index is 0. The van der Waals surface area contributed by atoms with E-state index in [4.69, 9.17) is 0 Å². The van der Waals surface area contributed by atoms with Gasteiger partial charge in [-0.25, -0.2) is 5.57 Å². The summed E-state index contributed by atoms with van der Waals surface area (Å²) in [5.41, 5.74) is 9.47. The summed E-state index contributed by atoms with van der Waals surface area (Å²) in [6.45, 7) is 31.7. The summed E-state index contributed by atoms with van der Waals surface area (Å²) >= 11 is 1.46. The smallest absolute Gasteiger partial charge is 0.0145 e. The number of benzene rings is 3. The van der Waals surface area contributed by atoms with Crippen molar-refractivity contribution >= 4 is 25.3 Å². The summed E-state index contributed by atoms with van der Waals surface area (Å²) in [6.07, 6.45) is 8.28. The standard InChI is InChI=1S/C21H25.C13H21.C11H14.2ClH.Zr/c1-20(2,3)16-9-7-14-11-15-8-10-17(21(4,5)6)13-19(15)18(14)12-16;1-6-10-8-11(7-2)12(9-10)13(3,4)5;1-9-5-7-10(8-6-9)11(2,3)4;;;/h7-13H,1-6H3;9-10H,6-7H2,1-5H3;1,5-8H,2-4H3;2*1H;/q2*-1;;;;+2/p-2. The maximum Gasteiger partial charge on any atom is -0.0145 e. The van der Waals surface area contributed by atoms with Crippen molar-refractivity contribution in [3.63, 3.8) is 0 Å². The van der Waals surface area contributed by atoms with Crippen molar-refractivity contribution in [3.05, 3.63) is 112 Å². The van der Waals surface area contributed by atoms with Gasteiger partial charge in [-0.15, -0.1) is 39.7 Å². The van der Waals surface area contributed by atoms with E-state index >= 15 is 0 Å². The number of allylic oxidation sites excluding steroid dienone is 4. The van der Waals surface area contributed by atoms with E-state index in [1.54, 1.807) is 0 Å². The molecule has 1 atom stereocenters. The molecule has 0 aliphatic heterocycles. The number of hydrogen-bond donors (Lipinski definition) is 0. The molecule has 0 nitrogen and oxygen atoms in total. The van der Waals surface area contributed by atoms with Crippen LogP contribution in [0.1, 0.15) is 132 Å². The zero-order valence-corrected chi connectivity index (χ0v) is 36.2. The Morgan fingerprint density at radius 2 is 1.04 bits per heavy atom. The topological polar surface area (TPSA) is 0 Å². The molecular formula is C45H60Cl2Zr-2. The van der Waals surface area contributed by atoms with Gasteiger partial charge in [0.25, 0.3) is 0 Å². The number of hydrogen-bond acceptors (Lipinski definition) is 0. The fourth-order valence-corrected chi connectivity index (χ4v) is 6.34. The van der Waals surface area contributed by atoms with E-state index in [0.717, 1.165) is 6.42 Å². The summed E-state index contributed by atoms with van der Waals surface area (Å²) in [4.78, 5) is 0. The van der Waals surface area contributed by atoms with Crippen molar-refractivity contribution in [1.29, 1.82) is 0 Å². The van der Waals surface area contributed by atoms with Gasteiger partial charge in [0.1, 0.15) is 0 Å². The van der Waals surface area contributed by atoms with E-state index in [2.05, 4.69) is 180 Å². The first-order valence-electron chi connectivity index (χ1n) is 17.3. The van der Waals surface area contributed by atoms with Gasteiger partial charge in [-0.1, -0.05) is 136 Å². The molecule has 0 saturated carbocycles. The molecule has 48 heavy (non-hydrogen) atoms. The van der Waals surface area contributed by atoms with Gasteiger partial charge in [0, 0.05) is 0 Å². The van der Waals surface area contributed by atoms with E-state index in [9.17, 15) is 0 Å². The molecule has 0 spiro atoms. The predicted molar refractivity (Wildman–Crippen MR) is 203 cm³/mol. The zero-order valence-electron chi connectivity index (χ0n) is 32.3. The molecule has 0 radical (unpaired) electrons. The average molecular weight is 763 g/mol. The molecule has 1 aliphatic carbocycles. The second-order valence-corrected chi connectivity index (χ2v) is 17.8. The molecular weight excluding hydrogens is 703 g/mol. The Balaban J connectivity index is 0.000000374. The summed E-state index contributed by atoms with van der Waals surface area (Å²) < 4.78 is 2.21. The SMILES string of the molecule is CC(C)(C)c1ccc([CH]=[Zr+2])cc1.CC(C)(C)c1ccc2[cH-]c3ccc(C(C)(C)C)cc3c2c1.CCC1=[C-]C(CC)C=C1C(C)(C)C.[Cl-].[Cl-]. The van der Waals surface area contributed by atoms with Gasteiger partial charge in [-0.3, -0.25) is 6.08 Å². The first-order valence-corrected chi connectivity index (χ1v) is 18.7. The van der Waals surface area contributed by atoms with Gasteiger partial charge in [-0.05, 0) is 10.8 Å². The van der Waals surface area contributed by atoms with Gasteiger partial charge in [0.15, 0.2) is 0 Å². The molecule has 0 N–H and O–H groups in total. The largest absolute Gasteiger partial charge is 1.00 e. The monoisotopic (exact) mass is 760 g/mol. The van der Waals surface area contributed by atoms with E-state index in [-0.39, 0.29) is 41.1 Å². The van der Waals surface area contributed by atoms with Crippen molar-refractivity contribution in [1.82, 2.24) is 0 Å². The fourth-order valence-electron chi connectivity index (χ4n) is 5.87. The molecule has 3 heteroatoms. The van der Waals surface area contributed by atoms with Crippen molar-refractivity contribution < 1.29 is 49.0 Å². The molecule has 1 aliphatic rings. The third-order valence-corrected chi connectivity index (χ3v) is 9.86. The van der Waals surface area contributed by atoms with Gasteiger partial charge in [0.2, 0.25) is 0 Å². The Labute approximate surface area is 321 Å². The van der Waals surface area contributed by atoms with Gasteiger partial charge in [-0.2, -0.15) is 11.6 Å². The van der Waals surface area contributed by atoms with E-state index < -0.39 is 0 Å². The van der Waals surface area contributed by atoms with Crippen LogP contribution in [0.2, 0.25) is 0 Å². The van der Waals surface area contributed by atoms with Crippen molar-refractivity contribution in [3.8, 4) is 0 Å². The van der Waals surface area contributed by atoms with Crippen LogP contribution >= 0.6 is 0 Å². The van der Waals surface area contributed by atoms with E-state index in [1.807, 2.05) is 0 Å². The molecule has 5 rings (SSSR count). The first-order chi connectivity index (χ1) is 21.2. The van der Waals surface area contributed by atoms with Crippen LogP contribution < -0.4 is 24.8 Å². The van der Waals surface area contributed by atoms with Crippen LogP contribution in [0, 0.1) is 17.4 Å². The van der Waals surface area contributed by atoms with Crippen LogP contribution in [0.5, 0.6) is 0 Å². The normalized spacial score (nSPS) is 14.9. The third kappa shape index (κ3) is 11.7. The second-order valence-electron chi connectivity index (χ2n) is 17.1. The molecule has 260 valence electrons. The average Bonchev–Trinajstić information content (AvgIpc) is 3.57. The second kappa shape index (κ2) is 17.5.